The predicted molar refractivity (Wildman–Crippen MR) is 252 cm³/mol. The molecule has 0 aliphatic carbocycles. The summed E-state index contributed by atoms with van der Waals surface area (Å²) in [4.78, 5) is 35.2. The first-order valence-corrected chi connectivity index (χ1v) is 26.1. The molecule has 0 spiro atoms. The predicted octanol–water partition coefficient (Wildman–Crippen LogP) is 14.5. The lowest BCUT2D eigenvalue weighted by molar-refractivity contribution is -0.161. The Morgan fingerprint density at radius 1 is 0.517 bits per heavy atom. The molecule has 0 saturated carbocycles. The van der Waals surface area contributed by atoms with Crippen molar-refractivity contribution in [3.05, 3.63) is 48.6 Å². The van der Waals surface area contributed by atoms with Gasteiger partial charge in [-0.2, -0.15) is 0 Å². The van der Waals surface area contributed by atoms with Crippen LogP contribution in [0.4, 0.5) is 0 Å². The first kappa shape index (κ1) is 58.0. The Bertz CT molecular complexity index is 1120. The summed E-state index contributed by atoms with van der Waals surface area (Å²) in [5.41, 5.74) is 0. The van der Waals surface area contributed by atoms with Gasteiger partial charge in [0.25, 0.3) is 0 Å². The minimum Gasteiger partial charge on any atom is -0.462 e. The number of unbranched alkanes of at least 4 members (excludes halogenated alkanes) is 24. The molecule has 0 heterocycles. The highest BCUT2D eigenvalue weighted by molar-refractivity contribution is 7.47. The number of phosphoric ester groups is 1. The van der Waals surface area contributed by atoms with Crippen LogP contribution in [-0.2, 0) is 32.7 Å². The summed E-state index contributed by atoms with van der Waals surface area (Å²) < 4.78 is 33.2. The van der Waals surface area contributed by atoms with Crippen molar-refractivity contribution in [3.8, 4) is 0 Å². The smallest absolute Gasteiger partial charge is 0.462 e. The molecular weight excluding hydrogens is 774 g/mol. The molecule has 0 aromatic heterocycles. The van der Waals surface area contributed by atoms with Crippen LogP contribution >= 0.6 is 7.82 Å². The summed E-state index contributed by atoms with van der Waals surface area (Å²) in [5.74, 6) is -0.865. The molecule has 60 heavy (non-hydrogen) atoms. The van der Waals surface area contributed by atoms with Gasteiger partial charge in [0.05, 0.1) is 13.2 Å². The Labute approximate surface area is 369 Å². The molecule has 0 amide bonds. The molecule has 0 fully saturated rings. The topological polar surface area (TPSA) is 120 Å². The maximum absolute atomic E-state index is 12.6. The van der Waals surface area contributed by atoms with Crippen molar-refractivity contribution in [1.29, 1.82) is 0 Å². The standard InChI is InChI=1S/C50H92NO8P/c1-4-6-8-10-12-14-16-18-20-22-23-24-25-27-28-30-32-34-36-38-40-42-49(52)56-46-48(47-58-60(54,55)57-45-44-51-3)59-50(53)43-41-39-37-35-33-31-29-26-21-19-17-15-13-11-9-7-5-2/h13,15,19,21,29,31,35,37,48,51H,4-12,14,16-18,20,22-28,30,32-34,36,38-47H2,1-3H3,(H,54,55)/b15-13-,21-19-,31-29-,37-35-. The normalized spacial score (nSPS) is 13.6. The van der Waals surface area contributed by atoms with Crippen LogP contribution in [0.2, 0.25) is 0 Å². The molecule has 0 rings (SSSR count). The Morgan fingerprint density at radius 3 is 1.38 bits per heavy atom. The maximum atomic E-state index is 12.6. The first-order valence-electron chi connectivity index (χ1n) is 24.6. The Hall–Kier alpha value is -2.03. The van der Waals surface area contributed by atoms with Crippen molar-refractivity contribution in [3.63, 3.8) is 0 Å². The zero-order valence-corrected chi connectivity index (χ0v) is 39.8. The Balaban J connectivity index is 4.18. The highest BCUT2D eigenvalue weighted by Crippen LogP contribution is 2.43. The second-order valence-electron chi connectivity index (χ2n) is 16.3. The van der Waals surface area contributed by atoms with Crippen LogP contribution in [0.25, 0.3) is 0 Å². The van der Waals surface area contributed by atoms with Crippen LogP contribution in [0.15, 0.2) is 48.6 Å². The molecule has 10 heteroatoms. The average Bonchev–Trinajstić information content (AvgIpc) is 3.23. The van der Waals surface area contributed by atoms with Crippen LogP contribution in [0.1, 0.15) is 219 Å². The summed E-state index contributed by atoms with van der Waals surface area (Å²) in [6, 6.07) is 0. The third-order valence-electron chi connectivity index (χ3n) is 10.5. The number of carbonyl (C=O) groups excluding carboxylic acids is 2. The summed E-state index contributed by atoms with van der Waals surface area (Å²) in [6.45, 7) is 4.16. The second kappa shape index (κ2) is 46.5. The molecule has 0 aromatic rings. The number of likely N-dealkylation sites (N-methyl/N-ethyl adjacent to an activating group) is 1. The van der Waals surface area contributed by atoms with Crippen molar-refractivity contribution in [2.24, 2.45) is 0 Å². The van der Waals surface area contributed by atoms with E-state index in [4.69, 9.17) is 18.5 Å². The van der Waals surface area contributed by atoms with Crippen molar-refractivity contribution < 1.29 is 37.6 Å². The van der Waals surface area contributed by atoms with Gasteiger partial charge in [-0.3, -0.25) is 18.6 Å². The SMILES string of the molecule is CCCCC/C=C\C/C=C\C/C=C\C/C=C\CCCC(=O)OC(COC(=O)CCCCCCCCCCCCCCCCCCCCCCC)COP(=O)(O)OCCNC. The molecule has 0 aliphatic rings. The van der Waals surface area contributed by atoms with Crippen molar-refractivity contribution >= 4 is 19.8 Å². The van der Waals surface area contributed by atoms with E-state index in [1.807, 2.05) is 6.08 Å². The van der Waals surface area contributed by atoms with Gasteiger partial charge in [0.1, 0.15) is 6.61 Å². The Morgan fingerprint density at radius 2 is 0.917 bits per heavy atom. The lowest BCUT2D eigenvalue weighted by Gasteiger charge is -2.20. The van der Waals surface area contributed by atoms with Crippen LogP contribution in [0, 0.1) is 0 Å². The van der Waals surface area contributed by atoms with E-state index in [0.29, 0.717) is 19.4 Å². The summed E-state index contributed by atoms with van der Waals surface area (Å²) >= 11 is 0. The number of esters is 2. The molecule has 0 radical (unpaired) electrons. The number of phosphoric acid groups is 1. The van der Waals surface area contributed by atoms with Gasteiger partial charge in [0, 0.05) is 19.4 Å². The fourth-order valence-electron chi connectivity index (χ4n) is 6.72. The number of hydrogen-bond acceptors (Lipinski definition) is 8. The van der Waals surface area contributed by atoms with Crippen molar-refractivity contribution in [2.45, 2.75) is 225 Å². The van der Waals surface area contributed by atoms with Crippen molar-refractivity contribution in [1.82, 2.24) is 5.32 Å². The van der Waals surface area contributed by atoms with Gasteiger partial charge in [-0.25, -0.2) is 4.57 Å². The van der Waals surface area contributed by atoms with Crippen LogP contribution in [-0.4, -0.2) is 56.3 Å². The fraction of sp³-hybridized carbons (Fsp3) is 0.800. The molecule has 0 bridgehead atoms. The van der Waals surface area contributed by atoms with Crippen LogP contribution in [0.5, 0.6) is 0 Å². The van der Waals surface area contributed by atoms with Gasteiger partial charge in [-0.1, -0.05) is 204 Å². The molecule has 0 saturated heterocycles. The molecule has 2 N–H and O–H groups in total. The third-order valence-corrected chi connectivity index (χ3v) is 11.4. The molecule has 350 valence electrons. The van der Waals surface area contributed by atoms with Gasteiger partial charge in [-0.15, -0.1) is 0 Å². The summed E-state index contributed by atoms with van der Waals surface area (Å²) in [5, 5.41) is 2.82. The van der Waals surface area contributed by atoms with E-state index in [1.54, 1.807) is 7.05 Å². The monoisotopic (exact) mass is 866 g/mol. The Kier molecular flexibility index (Phi) is 44.9. The van der Waals surface area contributed by atoms with Crippen LogP contribution < -0.4 is 5.32 Å². The van der Waals surface area contributed by atoms with E-state index in [-0.39, 0.29) is 32.0 Å². The van der Waals surface area contributed by atoms with Gasteiger partial charge in [0.2, 0.25) is 0 Å². The molecule has 0 aromatic carbocycles. The quantitative estimate of drug-likeness (QED) is 0.0267. The fourth-order valence-corrected chi connectivity index (χ4v) is 7.47. The number of allylic oxidation sites excluding steroid dienone is 8. The molecular formula is C50H92NO8P. The van der Waals surface area contributed by atoms with E-state index in [1.165, 1.54) is 141 Å². The highest BCUT2D eigenvalue weighted by Gasteiger charge is 2.26. The summed E-state index contributed by atoms with van der Waals surface area (Å²) in [6.07, 6.45) is 53.1. The zero-order valence-electron chi connectivity index (χ0n) is 38.9. The van der Waals surface area contributed by atoms with E-state index >= 15 is 0 Å². The molecule has 0 aliphatic heterocycles. The van der Waals surface area contributed by atoms with E-state index in [2.05, 4.69) is 61.7 Å². The zero-order chi connectivity index (χ0) is 43.9. The van der Waals surface area contributed by atoms with Crippen LogP contribution in [0.3, 0.4) is 0 Å². The van der Waals surface area contributed by atoms with Crippen molar-refractivity contribution in [2.75, 3.05) is 33.4 Å². The largest absolute Gasteiger partial charge is 0.472 e. The number of carbonyl (C=O) groups is 2. The first-order chi connectivity index (χ1) is 29.3. The van der Waals surface area contributed by atoms with Gasteiger partial charge < -0.3 is 19.7 Å². The number of nitrogens with one attached hydrogen (secondary N) is 1. The van der Waals surface area contributed by atoms with E-state index in [9.17, 15) is 19.0 Å². The molecule has 2 unspecified atom stereocenters. The third kappa shape index (κ3) is 45.5. The molecule has 9 nitrogen and oxygen atoms in total. The van der Waals surface area contributed by atoms with Gasteiger partial charge in [0.15, 0.2) is 6.10 Å². The van der Waals surface area contributed by atoms with E-state index in [0.717, 1.165) is 38.5 Å². The lowest BCUT2D eigenvalue weighted by atomic mass is 10.0. The number of ether oxygens (including phenoxy) is 2. The summed E-state index contributed by atoms with van der Waals surface area (Å²) in [7, 11) is -2.67. The average molecular weight is 866 g/mol. The van der Waals surface area contributed by atoms with E-state index < -0.39 is 26.5 Å². The maximum Gasteiger partial charge on any atom is 0.472 e. The van der Waals surface area contributed by atoms with Gasteiger partial charge in [-0.05, 0) is 58.4 Å². The lowest BCUT2D eigenvalue weighted by Crippen LogP contribution is -2.29. The minimum atomic E-state index is -4.37. The number of hydrogen-bond donors (Lipinski definition) is 2. The second-order valence-corrected chi connectivity index (χ2v) is 17.8. The number of rotatable bonds is 46. The highest BCUT2D eigenvalue weighted by atomic mass is 31.2. The molecule has 2 atom stereocenters. The van der Waals surface area contributed by atoms with Gasteiger partial charge >= 0.3 is 19.8 Å². The minimum absolute atomic E-state index is 0.0271.